The highest BCUT2D eigenvalue weighted by molar-refractivity contribution is 6.17. The smallest absolute Gasteiger partial charge is 0.124 e. The van der Waals surface area contributed by atoms with E-state index in [0.29, 0.717) is 12.5 Å². The van der Waals surface area contributed by atoms with Crippen molar-refractivity contribution < 1.29 is 9.84 Å². The van der Waals surface area contributed by atoms with Gasteiger partial charge in [-0.1, -0.05) is 18.2 Å². The first-order valence-electron chi connectivity index (χ1n) is 4.76. The maximum absolute atomic E-state index is 9.02. The zero-order valence-electron chi connectivity index (χ0n) is 8.08. The summed E-state index contributed by atoms with van der Waals surface area (Å²) in [6.45, 7) is 0.676. The van der Waals surface area contributed by atoms with Gasteiger partial charge in [-0.2, -0.15) is 0 Å². The molecule has 0 aliphatic carbocycles. The SMILES string of the molecule is OCc1ccccc1OCCCCCl. The average molecular weight is 215 g/mol. The number of unbranched alkanes of at least 4 members (excludes halogenated alkanes) is 1. The molecule has 0 unspecified atom stereocenters. The van der Waals surface area contributed by atoms with Gasteiger partial charge in [0, 0.05) is 11.4 Å². The number of ether oxygens (including phenoxy) is 1. The molecule has 0 radical (unpaired) electrons. The second kappa shape index (κ2) is 6.68. The Bertz CT molecular complexity index is 263. The molecule has 0 atom stereocenters. The fraction of sp³-hybridized carbons (Fsp3) is 0.455. The quantitative estimate of drug-likeness (QED) is 0.583. The van der Waals surface area contributed by atoms with Crippen LogP contribution in [0.25, 0.3) is 0 Å². The normalized spacial score (nSPS) is 10.1. The Kier molecular flexibility index (Phi) is 5.42. The summed E-state index contributed by atoms with van der Waals surface area (Å²) in [5.41, 5.74) is 0.832. The van der Waals surface area contributed by atoms with Crippen LogP contribution in [0.2, 0.25) is 0 Å². The Balaban J connectivity index is 2.41. The average Bonchev–Trinajstić information content (AvgIpc) is 2.25. The molecular formula is C11H15ClO2. The number of alkyl halides is 1. The molecule has 0 amide bonds. The van der Waals surface area contributed by atoms with E-state index in [4.69, 9.17) is 21.4 Å². The summed E-state index contributed by atoms with van der Waals surface area (Å²) in [6.07, 6.45) is 1.91. The lowest BCUT2D eigenvalue weighted by molar-refractivity contribution is 0.261. The molecule has 0 saturated heterocycles. The number of hydrogen-bond acceptors (Lipinski definition) is 2. The van der Waals surface area contributed by atoms with Crippen LogP contribution in [0.15, 0.2) is 24.3 Å². The number of aliphatic hydroxyl groups excluding tert-OH is 1. The van der Waals surface area contributed by atoms with E-state index in [-0.39, 0.29) is 6.61 Å². The summed E-state index contributed by atoms with van der Waals surface area (Å²) < 4.78 is 5.51. The lowest BCUT2D eigenvalue weighted by atomic mass is 10.2. The summed E-state index contributed by atoms with van der Waals surface area (Å²) in [6, 6.07) is 7.51. The van der Waals surface area contributed by atoms with Crippen LogP contribution in [0.4, 0.5) is 0 Å². The van der Waals surface area contributed by atoms with Gasteiger partial charge in [-0.3, -0.25) is 0 Å². The van der Waals surface area contributed by atoms with E-state index in [1.165, 1.54) is 0 Å². The van der Waals surface area contributed by atoms with Crippen LogP contribution in [0.5, 0.6) is 5.75 Å². The van der Waals surface area contributed by atoms with Gasteiger partial charge in [-0.05, 0) is 18.9 Å². The zero-order valence-corrected chi connectivity index (χ0v) is 8.83. The number of benzene rings is 1. The summed E-state index contributed by atoms with van der Waals surface area (Å²) in [5, 5.41) is 9.02. The number of aliphatic hydroxyl groups is 1. The highest BCUT2D eigenvalue weighted by Crippen LogP contribution is 2.17. The van der Waals surface area contributed by atoms with Crippen molar-refractivity contribution >= 4 is 11.6 Å². The van der Waals surface area contributed by atoms with Gasteiger partial charge in [0.2, 0.25) is 0 Å². The van der Waals surface area contributed by atoms with Crippen LogP contribution in [-0.2, 0) is 6.61 Å². The fourth-order valence-electron chi connectivity index (χ4n) is 1.15. The summed E-state index contributed by atoms with van der Waals surface area (Å²) >= 11 is 5.55. The van der Waals surface area contributed by atoms with Gasteiger partial charge in [0.05, 0.1) is 13.2 Å². The third-order valence-corrected chi connectivity index (χ3v) is 2.20. The summed E-state index contributed by atoms with van der Waals surface area (Å²) in [7, 11) is 0. The Morgan fingerprint density at radius 3 is 2.71 bits per heavy atom. The van der Waals surface area contributed by atoms with Crippen LogP contribution in [-0.4, -0.2) is 17.6 Å². The van der Waals surface area contributed by atoms with Crippen molar-refractivity contribution in [2.24, 2.45) is 0 Å². The third kappa shape index (κ3) is 3.56. The summed E-state index contributed by atoms with van der Waals surface area (Å²) in [4.78, 5) is 0. The molecule has 0 aliphatic rings. The lowest BCUT2D eigenvalue weighted by Crippen LogP contribution is -2.00. The van der Waals surface area contributed by atoms with Crippen molar-refractivity contribution in [3.63, 3.8) is 0 Å². The van der Waals surface area contributed by atoms with Crippen LogP contribution >= 0.6 is 11.6 Å². The van der Waals surface area contributed by atoms with Crippen molar-refractivity contribution in [3.8, 4) is 5.75 Å². The first-order chi connectivity index (χ1) is 6.88. The second-order valence-corrected chi connectivity index (χ2v) is 3.39. The van der Waals surface area contributed by atoms with E-state index in [2.05, 4.69) is 0 Å². The van der Waals surface area contributed by atoms with E-state index in [0.717, 1.165) is 24.2 Å². The van der Waals surface area contributed by atoms with E-state index in [1.807, 2.05) is 24.3 Å². The topological polar surface area (TPSA) is 29.5 Å². The first kappa shape index (κ1) is 11.3. The predicted octanol–water partition coefficient (Wildman–Crippen LogP) is 2.58. The van der Waals surface area contributed by atoms with Gasteiger partial charge in [0.15, 0.2) is 0 Å². The van der Waals surface area contributed by atoms with E-state index in [1.54, 1.807) is 0 Å². The number of rotatable bonds is 6. The van der Waals surface area contributed by atoms with E-state index >= 15 is 0 Å². The zero-order chi connectivity index (χ0) is 10.2. The highest BCUT2D eigenvalue weighted by atomic mass is 35.5. The molecule has 1 rings (SSSR count). The molecular weight excluding hydrogens is 200 g/mol. The maximum Gasteiger partial charge on any atom is 0.124 e. The van der Waals surface area contributed by atoms with Crippen molar-refractivity contribution in [1.29, 1.82) is 0 Å². The minimum Gasteiger partial charge on any atom is -0.493 e. The van der Waals surface area contributed by atoms with Gasteiger partial charge in [0.1, 0.15) is 5.75 Å². The molecule has 1 aromatic carbocycles. The Morgan fingerprint density at radius 2 is 2.00 bits per heavy atom. The molecule has 78 valence electrons. The van der Waals surface area contributed by atoms with Gasteiger partial charge in [0.25, 0.3) is 0 Å². The maximum atomic E-state index is 9.02. The van der Waals surface area contributed by atoms with Crippen LogP contribution in [0.1, 0.15) is 18.4 Å². The highest BCUT2D eigenvalue weighted by Gasteiger charge is 2.00. The minimum atomic E-state index is 0.0195. The Morgan fingerprint density at radius 1 is 1.21 bits per heavy atom. The number of para-hydroxylation sites is 1. The van der Waals surface area contributed by atoms with E-state index < -0.39 is 0 Å². The fourth-order valence-corrected chi connectivity index (χ4v) is 1.34. The molecule has 0 aromatic heterocycles. The minimum absolute atomic E-state index is 0.0195. The van der Waals surface area contributed by atoms with Crippen molar-refractivity contribution in [2.45, 2.75) is 19.4 Å². The molecule has 0 aliphatic heterocycles. The molecule has 0 saturated carbocycles. The molecule has 0 bridgehead atoms. The van der Waals surface area contributed by atoms with Gasteiger partial charge in [-0.25, -0.2) is 0 Å². The van der Waals surface area contributed by atoms with Crippen molar-refractivity contribution in [3.05, 3.63) is 29.8 Å². The van der Waals surface area contributed by atoms with E-state index in [9.17, 15) is 0 Å². The predicted molar refractivity (Wildman–Crippen MR) is 57.8 cm³/mol. The largest absolute Gasteiger partial charge is 0.493 e. The van der Waals surface area contributed by atoms with Gasteiger partial charge >= 0.3 is 0 Å². The molecule has 0 heterocycles. The molecule has 0 fully saturated rings. The molecule has 2 nitrogen and oxygen atoms in total. The van der Waals surface area contributed by atoms with Crippen LogP contribution < -0.4 is 4.74 Å². The molecule has 1 aromatic rings. The second-order valence-electron chi connectivity index (χ2n) is 3.01. The molecule has 1 N–H and O–H groups in total. The standard InChI is InChI=1S/C11H15ClO2/c12-7-3-4-8-14-11-6-2-1-5-10(11)9-13/h1-2,5-6,13H,3-4,7-9H2. The number of halogens is 1. The Labute approximate surface area is 89.5 Å². The van der Waals surface area contributed by atoms with Gasteiger partial charge < -0.3 is 9.84 Å². The molecule has 14 heavy (non-hydrogen) atoms. The molecule has 3 heteroatoms. The van der Waals surface area contributed by atoms with Crippen LogP contribution in [0, 0.1) is 0 Å². The van der Waals surface area contributed by atoms with Crippen molar-refractivity contribution in [2.75, 3.05) is 12.5 Å². The molecule has 0 spiro atoms. The lowest BCUT2D eigenvalue weighted by Gasteiger charge is -2.08. The van der Waals surface area contributed by atoms with Crippen LogP contribution in [0.3, 0.4) is 0 Å². The van der Waals surface area contributed by atoms with Crippen molar-refractivity contribution in [1.82, 2.24) is 0 Å². The third-order valence-electron chi connectivity index (χ3n) is 1.93. The number of hydrogen-bond donors (Lipinski definition) is 1. The summed E-state index contributed by atoms with van der Waals surface area (Å²) in [5.74, 6) is 1.44. The monoisotopic (exact) mass is 214 g/mol. The van der Waals surface area contributed by atoms with Gasteiger partial charge in [-0.15, -0.1) is 11.6 Å². The Hall–Kier alpha value is -0.730. The first-order valence-corrected chi connectivity index (χ1v) is 5.29.